The number of carbonyl (C=O) groups excluding carboxylic acids is 2. The van der Waals surface area contributed by atoms with Crippen LogP contribution in [-0.4, -0.2) is 29.0 Å². The van der Waals surface area contributed by atoms with E-state index in [2.05, 4.69) is 25.9 Å². The van der Waals surface area contributed by atoms with Crippen LogP contribution in [-0.2, 0) is 11.0 Å². The van der Waals surface area contributed by atoms with Gasteiger partial charge in [-0.2, -0.15) is 13.2 Å². The van der Waals surface area contributed by atoms with Crippen LogP contribution in [0.2, 0.25) is 0 Å². The van der Waals surface area contributed by atoms with E-state index in [0.29, 0.717) is 27.0 Å². The van der Waals surface area contributed by atoms with Crippen LogP contribution in [0, 0.1) is 18.7 Å². The molecular formula is C26H22F4N6O2S. The summed E-state index contributed by atoms with van der Waals surface area (Å²) in [6.45, 7) is 1.43. The van der Waals surface area contributed by atoms with E-state index in [0.717, 1.165) is 31.0 Å². The van der Waals surface area contributed by atoms with Crippen molar-refractivity contribution in [3.8, 4) is 0 Å². The molecule has 1 aliphatic carbocycles. The normalized spacial score (nSPS) is 13.3. The number of carbonyl (C=O) groups is 2. The summed E-state index contributed by atoms with van der Waals surface area (Å²) in [6.07, 6.45) is -2.74. The Morgan fingerprint density at radius 3 is 2.41 bits per heavy atom. The van der Waals surface area contributed by atoms with E-state index in [4.69, 9.17) is 0 Å². The minimum Gasteiger partial charge on any atom is -0.329 e. The fraction of sp³-hybridized carbons (Fsp3) is 0.231. The lowest BCUT2D eigenvalue weighted by Gasteiger charge is -2.19. The summed E-state index contributed by atoms with van der Waals surface area (Å²) in [4.78, 5) is 35.8. The second-order valence-corrected chi connectivity index (χ2v) is 10.1. The zero-order chi connectivity index (χ0) is 27.9. The van der Waals surface area contributed by atoms with Gasteiger partial charge in [-0.15, -0.1) is 0 Å². The molecule has 0 atom stereocenters. The number of hydrogen-bond donors (Lipinski definition) is 3. The molecule has 1 fully saturated rings. The Labute approximate surface area is 224 Å². The monoisotopic (exact) mass is 558 g/mol. The zero-order valence-corrected chi connectivity index (χ0v) is 21.5. The first-order valence-electron chi connectivity index (χ1n) is 11.9. The van der Waals surface area contributed by atoms with Gasteiger partial charge in [0.2, 0.25) is 5.91 Å². The maximum atomic E-state index is 14.5. The van der Waals surface area contributed by atoms with Crippen LogP contribution in [0.25, 0.3) is 10.3 Å². The summed E-state index contributed by atoms with van der Waals surface area (Å²) >= 11 is 1.25. The molecule has 0 unspecified atom stereocenters. The van der Waals surface area contributed by atoms with Gasteiger partial charge in [-0.25, -0.2) is 19.2 Å². The maximum absolute atomic E-state index is 14.5. The molecule has 0 aliphatic heterocycles. The fourth-order valence-corrected chi connectivity index (χ4v) is 4.64. The SMILES string of the molecule is Cc1cc(C(F)(F)F)ccc1NC(=O)Nc1cc(N(C)c2ccc3nc(NC(=O)C4CC4)sc3n2)ccc1F. The van der Waals surface area contributed by atoms with Crippen LogP contribution in [0.4, 0.5) is 50.4 Å². The molecule has 3 amide bonds. The first-order chi connectivity index (χ1) is 18.5. The Hall–Kier alpha value is -4.26. The second kappa shape index (κ2) is 10.1. The largest absolute Gasteiger partial charge is 0.416 e. The van der Waals surface area contributed by atoms with Crippen LogP contribution in [0.3, 0.4) is 0 Å². The zero-order valence-electron chi connectivity index (χ0n) is 20.7. The van der Waals surface area contributed by atoms with Crippen molar-refractivity contribution in [2.24, 2.45) is 5.92 Å². The molecule has 3 N–H and O–H groups in total. The fourth-order valence-electron chi connectivity index (χ4n) is 3.81. The number of halogens is 4. The van der Waals surface area contributed by atoms with E-state index in [1.54, 1.807) is 24.1 Å². The number of rotatable bonds is 6. The number of fused-ring (bicyclic) bond motifs is 1. The van der Waals surface area contributed by atoms with Gasteiger partial charge in [0.1, 0.15) is 22.0 Å². The number of hydrogen-bond acceptors (Lipinski definition) is 6. The van der Waals surface area contributed by atoms with Crippen molar-refractivity contribution in [3.63, 3.8) is 0 Å². The third-order valence-electron chi connectivity index (χ3n) is 6.15. The number of nitrogens with one attached hydrogen (secondary N) is 3. The van der Waals surface area contributed by atoms with Crippen LogP contribution >= 0.6 is 11.3 Å². The molecule has 5 rings (SSSR count). The molecule has 0 saturated heterocycles. The van der Waals surface area contributed by atoms with Crippen LogP contribution in [0.5, 0.6) is 0 Å². The van der Waals surface area contributed by atoms with Gasteiger partial charge in [0.15, 0.2) is 5.13 Å². The highest BCUT2D eigenvalue weighted by atomic mass is 32.1. The summed E-state index contributed by atoms with van der Waals surface area (Å²) in [5, 5.41) is 8.13. The van der Waals surface area contributed by atoms with E-state index in [9.17, 15) is 27.2 Å². The first-order valence-corrected chi connectivity index (χ1v) is 12.7. The molecule has 2 aromatic carbocycles. The molecule has 0 spiro atoms. The number of alkyl halides is 3. The molecular weight excluding hydrogens is 536 g/mol. The van der Waals surface area contributed by atoms with Crippen molar-refractivity contribution < 1.29 is 27.2 Å². The van der Waals surface area contributed by atoms with Crippen molar-refractivity contribution in [2.75, 3.05) is 27.9 Å². The number of urea groups is 1. The Morgan fingerprint density at radius 1 is 0.974 bits per heavy atom. The lowest BCUT2D eigenvalue weighted by atomic mass is 10.1. The van der Waals surface area contributed by atoms with E-state index >= 15 is 0 Å². The molecule has 0 radical (unpaired) electrons. The number of aryl methyl sites for hydroxylation is 1. The summed E-state index contributed by atoms with van der Waals surface area (Å²) in [5.74, 6) is -0.175. The predicted molar refractivity (Wildman–Crippen MR) is 142 cm³/mol. The molecule has 4 aromatic rings. The third kappa shape index (κ3) is 5.93. The Bertz CT molecular complexity index is 1580. The number of amides is 3. The number of aromatic nitrogens is 2. The molecule has 202 valence electrons. The number of thiazole rings is 1. The summed E-state index contributed by atoms with van der Waals surface area (Å²) < 4.78 is 53.2. The van der Waals surface area contributed by atoms with Gasteiger partial charge >= 0.3 is 12.2 Å². The molecule has 1 saturated carbocycles. The number of anilines is 5. The molecule has 39 heavy (non-hydrogen) atoms. The average Bonchev–Trinajstić information content (AvgIpc) is 3.65. The summed E-state index contributed by atoms with van der Waals surface area (Å²) in [5.41, 5.74) is 0.524. The van der Waals surface area contributed by atoms with Crippen molar-refractivity contribution >= 4 is 61.6 Å². The van der Waals surface area contributed by atoms with Crippen molar-refractivity contribution in [1.82, 2.24) is 9.97 Å². The Kier molecular flexibility index (Phi) is 6.85. The van der Waals surface area contributed by atoms with Crippen molar-refractivity contribution in [1.29, 1.82) is 0 Å². The number of pyridine rings is 1. The highest BCUT2D eigenvalue weighted by Crippen LogP contribution is 2.34. The molecule has 13 heteroatoms. The van der Waals surface area contributed by atoms with Crippen LogP contribution in [0.15, 0.2) is 48.5 Å². The standard InChI is InChI=1S/C26H22F4N6O2S/c1-13-11-15(26(28,29)30)5-8-18(13)31-24(38)32-20-12-16(6-7-17(20)27)36(2)21-10-9-19-23(34-21)39-25(33-19)35-22(37)14-3-4-14/h5-12,14H,3-4H2,1-2H3,(H2,31,32,38)(H,33,35,37). The molecule has 2 heterocycles. The molecule has 1 aliphatic rings. The van der Waals surface area contributed by atoms with Gasteiger partial charge in [0.05, 0.1) is 11.3 Å². The quantitative estimate of drug-likeness (QED) is 0.223. The van der Waals surface area contributed by atoms with E-state index in [-0.39, 0.29) is 28.8 Å². The summed E-state index contributed by atoms with van der Waals surface area (Å²) in [6, 6.07) is 9.70. The number of nitrogens with zero attached hydrogens (tertiary/aromatic N) is 3. The Balaban J connectivity index is 1.30. The van der Waals surface area contributed by atoms with Gasteiger partial charge in [0, 0.05) is 24.3 Å². The predicted octanol–water partition coefficient (Wildman–Crippen LogP) is 6.92. The minimum atomic E-state index is -4.51. The van der Waals surface area contributed by atoms with E-state index in [1.165, 1.54) is 36.5 Å². The highest BCUT2D eigenvalue weighted by molar-refractivity contribution is 7.22. The first kappa shape index (κ1) is 26.4. The second-order valence-electron chi connectivity index (χ2n) is 9.11. The minimum absolute atomic E-state index is 0.0461. The van der Waals surface area contributed by atoms with Gasteiger partial charge in [-0.3, -0.25) is 4.79 Å². The smallest absolute Gasteiger partial charge is 0.329 e. The lowest BCUT2D eigenvalue weighted by molar-refractivity contribution is -0.137. The average molecular weight is 559 g/mol. The number of benzene rings is 2. The topological polar surface area (TPSA) is 99.3 Å². The molecule has 0 bridgehead atoms. The summed E-state index contributed by atoms with van der Waals surface area (Å²) in [7, 11) is 1.72. The third-order valence-corrected chi connectivity index (χ3v) is 7.03. The molecule has 8 nitrogen and oxygen atoms in total. The van der Waals surface area contributed by atoms with Gasteiger partial charge in [-0.05, 0) is 73.9 Å². The van der Waals surface area contributed by atoms with Gasteiger partial charge in [0.25, 0.3) is 0 Å². The Morgan fingerprint density at radius 2 is 1.72 bits per heavy atom. The lowest BCUT2D eigenvalue weighted by Crippen LogP contribution is -2.21. The van der Waals surface area contributed by atoms with Crippen molar-refractivity contribution in [3.05, 3.63) is 65.5 Å². The van der Waals surface area contributed by atoms with E-state index in [1.807, 2.05) is 0 Å². The maximum Gasteiger partial charge on any atom is 0.416 e. The van der Waals surface area contributed by atoms with Crippen LogP contribution < -0.4 is 20.9 Å². The van der Waals surface area contributed by atoms with Gasteiger partial charge < -0.3 is 20.9 Å². The molecule has 2 aromatic heterocycles. The van der Waals surface area contributed by atoms with Crippen molar-refractivity contribution in [2.45, 2.75) is 25.9 Å². The van der Waals surface area contributed by atoms with Crippen LogP contribution in [0.1, 0.15) is 24.0 Å². The van der Waals surface area contributed by atoms with Gasteiger partial charge in [-0.1, -0.05) is 11.3 Å². The van der Waals surface area contributed by atoms with E-state index < -0.39 is 23.6 Å². The highest BCUT2D eigenvalue weighted by Gasteiger charge is 2.31.